The minimum absolute atomic E-state index is 0.196. The molecule has 0 aliphatic carbocycles. The van der Waals surface area contributed by atoms with Crippen LogP contribution in [0.1, 0.15) is 18.2 Å². The first-order valence-corrected chi connectivity index (χ1v) is 8.11. The second-order valence-electron chi connectivity index (χ2n) is 4.70. The molecule has 5 nitrogen and oxygen atoms in total. The summed E-state index contributed by atoms with van der Waals surface area (Å²) in [4.78, 5) is 0.248. The summed E-state index contributed by atoms with van der Waals surface area (Å²) in [6, 6.07) is 8.35. The Labute approximate surface area is 125 Å². The van der Waals surface area contributed by atoms with Crippen molar-refractivity contribution in [1.82, 2.24) is 4.31 Å². The van der Waals surface area contributed by atoms with Crippen LogP contribution in [0.2, 0.25) is 0 Å². The Morgan fingerprint density at radius 1 is 1.29 bits per heavy atom. The van der Waals surface area contributed by atoms with Crippen LogP contribution < -0.4 is 4.74 Å². The number of sulfonamides is 1. The van der Waals surface area contributed by atoms with Crippen LogP contribution in [0, 0.1) is 6.92 Å². The van der Waals surface area contributed by atoms with Crippen molar-refractivity contribution in [3.63, 3.8) is 0 Å². The number of nitrogens with zero attached hydrogens (tertiary/aromatic N) is 1. The molecule has 0 N–H and O–H groups in total. The Kier molecular flexibility index (Phi) is 4.69. The van der Waals surface area contributed by atoms with E-state index in [1.54, 1.807) is 30.3 Å². The van der Waals surface area contributed by atoms with Crippen molar-refractivity contribution < 1.29 is 17.6 Å². The fraction of sp³-hybridized carbons (Fsp3) is 0.333. The molecule has 0 aliphatic heterocycles. The number of hydrogen-bond donors (Lipinski definition) is 0. The summed E-state index contributed by atoms with van der Waals surface area (Å²) in [6.45, 7) is 4.46. The molecule has 0 amide bonds. The predicted molar refractivity (Wildman–Crippen MR) is 79.7 cm³/mol. The van der Waals surface area contributed by atoms with Gasteiger partial charge in [-0.1, -0.05) is 0 Å². The third-order valence-electron chi connectivity index (χ3n) is 3.11. The monoisotopic (exact) mass is 309 g/mol. The minimum Gasteiger partial charge on any atom is -0.494 e. The molecule has 0 unspecified atom stereocenters. The standard InChI is InChI=1S/C15H19NO4S/c1-4-19-15-8-7-14(10-12(15)2)21(17,18)16(3)11-13-6-5-9-20-13/h5-10H,4,11H2,1-3H3. The molecular formula is C15H19NO4S. The lowest BCUT2D eigenvalue weighted by atomic mass is 10.2. The van der Waals surface area contributed by atoms with Crippen LogP contribution in [0.4, 0.5) is 0 Å². The second-order valence-corrected chi connectivity index (χ2v) is 6.75. The molecular weight excluding hydrogens is 290 g/mol. The molecule has 0 spiro atoms. The summed E-state index contributed by atoms with van der Waals surface area (Å²) < 4.78 is 36.9. The number of furan rings is 1. The van der Waals surface area contributed by atoms with E-state index < -0.39 is 10.0 Å². The quantitative estimate of drug-likeness (QED) is 0.823. The lowest BCUT2D eigenvalue weighted by molar-refractivity contribution is 0.337. The molecule has 0 radical (unpaired) electrons. The second kappa shape index (κ2) is 6.32. The summed E-state index contributed by atoms with van der Waals surface area (Å²) >= 11 is 0. The van der Waals surface area contributed by atoms with Gasteiger partial charge in [-0.2, -0.15) is 4.31 Å². The van der Waals surface area contributed by atoms with Crippen LogP contribution >= 0.6 is 0 Å². The Bertz CT molecular complexity index is 692. The lowest BCUT2D eigenvalue weighted by Gasteiger charge is -2.17. The molecule has 21 heavy (non-hydrogen) atoms. The molecule has 6 heteroatoms. The first-order chi connectivity index (χ1) is 9.95. The van der Waals surface area contributed by atoms with Gasteiger partial charge < -0.3 is 9.15 Å². The number of ether oxygens (including phenoxy) is 1. The first kappa shape index (κ1) is 15.6. The van der Waals surface area contributed by atoms with Crippen molar-refractivity contribution in [2.45, 2.75) is 25.3 Å². The highest BCUT2D eigenvalue weighted by Gasteiger charge is 2.22. The fourth-order valence-corrected chi connectivity index (χ4v) is 3.21. The summed E-state index contributed by atoms with van der Waals surface area (Å²) in [5.41, 5.74) is 0.796. The topological polar surface area (TPSA) is 59.8 Å². The van der Waals surface area contributed by atoms with Crippen LogP contribution in [0.3, 0.4) is 0 Å². The molecule has 0 saturated carbocycles. The number of hydrogen-bond acceptors (Lipinski definition) is 4. The van der Waals surface area contributed by atoms with Gasteiger partial charge in [-0.05, 0) is 49.7 Å². The number of rotatable bonds is 6. The van der Waals surface area contributed by atoms with Gasteiger partial charge in [0, 0.05) is 7.05 Å². The maximum Gasteiger partial charge on any atom is 0.243 e. The van der Waals surface area contributed by atoms with E-state index in [1.807, 2.05) is 13.8 Å². The Hall–Kier alpha value is -1.79. The molecule has 1 aromatic heterocycles. The summed E-state index contributed by atoms with van der Waals surface area (Å²) in [7, 11) is -2.02. The van der Waals surface area contributed by atoms with Crippen molar-refractivity contribution in [3.05, 3.63) is 47.9 Å². The zero-order valence-electron chi connectivity index (χ0n) is 12.4. The van der Waals surface area contributed by atoms with Gasteiger partial charge in [0.05, 0.1) is 24.3 Å². The molecule has 1 heterocycles. The van der Waals surface area contributed by atoms with Crippen molar-refractivity contribution in [2.75, 3.05) is 13.7 Å². The largest absolute Gasteiger partial charge is 0.494 e. The molecule has 0 bridgehead atoms. The van der Waals surface area contributed by atoms with Gasteiger partial charge >= 0.3 is 0 Å². The predicted octanol–water partition coefficient (Wildman–Crippen LogP) is 2.81. The van der Waals surface area contributed by atoms with Crippen LogP contribution in [-0.2, 0) is 16.6 Å². The van der Waals surface area contributed by atoms with Crippen molar-refractivity contribution >= 4 is 10.0 Å². The molecule has 1 aromatic carbocycles. The van der Waals surface area contributed by atoms with Gasteiger partial charge in [0.15, 0.2) is 0 Å². The third kappa shape index (κ3) is 3.46. The van der Waals surface area contributed by atoms with E-state index in [0.717, 1.165) is 5.56 Å². The summed E-state index contributed by atoms with van der Waals surface area (Å²) in [5, 5.41) is 0. The third-order valence-corrected chi connectivity index (χ3v) is 4.91. The van der Waals surface area contributed by atoms with Crippen molar-refractivity contribution in [3.8, 4) is 5.75 Å². The van der Waals surface area contributed by atoms with Gasteiger partial charge in [0.25, 0.3) is 0 Å². The lowest BCUT2D eigenvalue weighted by Crippen LogP contribution is -2.26. The van der Waals surface area contributed by atoms with Crippen LogP contribution in [0.25, 0.3) is 0 Å². The molecule has 0 saturated heterocycles. The maximum atomic E-state index is 12.5. The van der Waals surface area contributed by atoms with Gasteiger partial charge in [-0.25, -0.2) is 8.42 Å². The molecule has 0 atom stereocenters. The van der Waals surface area contributed by atoms with E-state index in [-0.39, 0.29) is 11.4 Å². The van der Waals surface area contributed by atoms with Crippen LogP contribution in [-0.4, -0.2) is 26.4 Å². The SMILES string of the molecule is CCOc1ccc(S(=O)(=O)N(C)Cc2ccco2)cc1C. The molecule has 114 valence electrons. The molecule has 2 aromatic rings. The highest BCUT2D eigenvalue weighted by Crippen LogP contribution is 2.24. The fourth-order valence-electron chi connectivity index (χ4n) is 1.99. The van der Waals surface area contributed by atoms with E-state index in [0.29, 0.717) is 18.1 Å². The average molecular weight is 309 g/mol. The Balaban J connectivity index is 2.24. The molecule has 0 fully saturated rings. The number of aryl methyl sites for hydroxylation is 1. The summed E-state index contributed by atoms with van der Waals surface area (Å²) in [6.07, 6.45) is 1.52. The van der Waals surface area contributed by atoms with Gasteiger partial charge in [-0.15, -0.1) is 0 Å². The zero-order chi connectivity index (χ0) is 15.5. The first-order valence-electron chi connectivity index (χ1n) is 6.67. The smallest absolute Gasteiger partial charge is 0.243 e. The van der Waals surface area contributed by atoms with Crippen LogP contribution in [0.5, 0.6) is 5.75 Å². The minimum atomic E-state index is -3.55. The van der Waals surface area contributed by atoms with E-state index >= 15 is 0 Å². The molecule has 0 aliphatic rings. The van der Waals surface area contributed by atoms with Gasteiger partial charge in [-0.3, -0.25) is 0 Å². The van der Waals surface area contributed by atoms with Gasteiger partial charge in [0.1, 0.15) is 11.5 Å². The highest BCUT2D eigenvalue weighted by atomic mass is 32.2. The van der Waals surface area contributed by atoms with Crippen molar-refractivity contribution in [2.24, 2.45) is 0 Å². The van der Waals surface area contributed by atoms with Crippen LogP contribution in [0.15, 0.2) is 45.9 Å². The maximum absolute atomic E-state index is 12.5. The van der Waals surface area contributed by atoms with E-state index in [2.05, 4.69) is 0 Å². The van der Waals surface area contributed by atoms with E-state index in [4.69, 9.17) is 9.15 Å². The van der Waals surface area contributed by atoms with E-state index in [1.165, 1.54) is 17.6 Å². The Morgan fingerprint density at radius 3 is 2.62 bits per heavy atom. The zero-order valence-corrected chi connectivity index (χ0v) is 13.2. The van der Waals surface area contributed by atoms with E-state index in [9.17, 15) is 8.42 Å². The average Bonchev–Trinajstić information content (AvgIpc) is 2.94. The summed E-state index contributed by atoms with van der Waals surface area (Å²) in [5.74, 6) is 1.30. The van der Waals surface area contributed by atoms with Gasteiger partial charge in [0.2, 0.25) is 10.0 Å². The Morgan fingerprint density at radius 2 is 2.05 bits per heavy atom. The van der Waals surface area contributed by atoms with Crippen molar-refractivity contribution in [1.29, 1.82) is 0 Å². The highest BCUT2D eigenvalue weighted by molar-refractivity contribution is 7.89. The number of benzene rings is 1. The normalized spacial score (nSPS) is 11.8. The molecule has 2 rings (SSSR count).